The van der Waals surface area contributed by atoms with Gasteiger partial charge in [-0.3, -0.25) is 0 Å². The summed E-state index contributed by atoms with van der Waals surface area (Å²) in [6.45, 7) is 6.60. The van der Waals surface area contributed by atoms with Crippen LogP contribution < -0.4 is 0 Å². The summed E-state index contributed by atoms with van der Waals surface area (Å²) in [5, 5.41) is 1.27. The Bertz CT molecular complexity index is 292. The lowest BCUT2D eigenvalue weighted by Gasteiger charge is -2.16. The van der Waals surface area contributed by atoms with Gasteiger partial charge in [-0.25, -0.2) is 0 Å². The van der Waals surface area contributed by atoms with Crippen LogP contribution in [0, 0.1) is 5.92 Å². The van der Waals surface area contributed by atoms with E-state index >= 15 is 0 Å². The van der Waals surface area contributed by atoms with Crippen LogP contribution in [0.2, 0.25) is 10.0 Å². The summed E-state index contributed by atoms with van der Waals surface area (Å²) >= 11 is 11.8. The van der Waals surface area contributed by atoms with Gasteiger partial charge < -0.3 is 0 Å². The van der Waals surface area contributed by atoms with Gasteiger partial charge in [0.2, 0.25) is 0 Å². The molecule has 0 aliphatic carbocycles. The van der Waals surface area contributed by atoms with Crippen molar-refractivity contribution in [2.24, 2.45) is 5.92 Å². The monoisotopic (exact) mass is 216 g/mol. The van der Waals surface area contributed by atoms with Crippen molar-refractivity contribution in [2.75, 3.05) is 0 Å². The SMILES string of the molecule is CC(C)[C@@H](C)c1ccc(Cl)c(Cl)c1. The molecule has 13 heavy (non-hydrogen) atoms. The molecule has 1 atom stereocenters. The van der Waals surface area contributed by atoms with E-state index in [9.17, 15) is 0 Å². The minimum atomic E-state index is 0.523. The smallest absolute Gasteiger partial charge is 0.0595 e. The van der Waals surface area contributed by atoms with Gasteiger partial charge in [0.15, 0.2) is 0 Å². The van der Waals surface area contributed by atoms with Crippen LogP contribution in [0.25, 0.3) is 0 Å². The molecule has 0 N–H and O–H groups in total. The molecule has 1 rings (SSSR count). The third-order valence-electron chi connectivity index (χ3n) is 2.47. The number of benzene rings is 1. The summed E-state index contributed by atoms with van der Waals surface area (Å²) in [7, 11) is 0. The van der Waals surface area contributed by atoms with Crippen LogP contribution in [0.1, 0.15) is 32.3 Å². The van der Waals surface area contributed by atoms with E-state index < -0.39 is 0 Å². The standard InChI is InChI=1S/C11H14Cl2/c1-7(2)8(3)9-4-5-10(12)11(13)6-9/h4-8H,1-3H3/t8-/m1/s1. The molecule has 1 aromatic rings. The van der Waals surface area contributed by atoms with E-state index in [1.54, 1.807) is 0 Å². The topological polar surface area (TPSA) is 0 Å². The number of hydrogen-bond donors (Lipinski definition) is 0. The van der Waals surface area contributed by atoms with Crippen LogP contribution in [-0.2, 0) is 0 Å². The van der Waals surface area contributed by atoms with E-state index in [0.717, 1.165) is 0 Å². The molecule has 0 saturated carbocycles. The first-order valence-corrected chi connectivity index (χ1v) is 5.23. The Morgan fingerprint density at radius 1 is 1.00 bits per heavy atom. The molecule has 0 nitrogen and oxygen atoms in total. The zero-order chi connectivity index (χ0) is 10.0. The van der Waals surface area contributed by atoms with Gasteiger partial charge >= 0.3 is 0 Å². The maximum absolute atomic E-state index is 5.93. The summed E-state index contributed by atoms with van der Waals surface area (Å²) < 4.78 is 0. The van der Waals surface area contributed by atoms with Gasteiger partial charge in [0.05, 0.1) is 10.0 Å². The molecule has 0 amide bonds. The first-order chi connectivity index (χ1) is 6.02. The number of halogens is 2. The Balaban J connectivity index is 2.97. The van der Waals surface area contributed by atoms with Crippen LogP contribution in [0.4, 0.5) is 0 Å². The molecule has 2 heteroatoms. The second kappa shape index (κ2) is 4.34. The van der Waals surface area contributed by atoms with Crippen LogP contribution in [-0.4, -0.2) is 0 Å². The Labute approximate surface area is 89.9 Å². The zero-order valence-corrected chi connectivity index (χ0v) is 9.65. The van der Waals surface area contributed by atoms with Gasteiger partial charge in [-0.2, -0.15) is 0 Å². The normalized spacial score (nSPS) is 13.4. The molecule has 0 radical (unpaired) electrons. The average Bonchev–Trinajstić information content (AvgIpc) is 2.08. The van der Waals surface area contributed by atoms with Gasteiger partial charge in [-0.15, -0.1) is 0 Å². The van der Waals surface area contributed by atoms with E-state index in [1.165, 1.54) is 5.56 Å². The molecule has 72 valence electrons. The molecule has 0 bridgehead atoms. The lowest BCUT2D eigenvalue weighted by atomic mass is 9.90. The van der Waals surface area contributed by atoms with Crippen molar-refractivity contribution in [3.8, 4) is 0 Å². The van der Waals surface area contributed by atoms with Crippen LogP contribution in [0.15, 0.2) is 18.2 Å². The second-order valence-corrected chi connectivity index (χ2v) is 4.52. The van der Waals surface area contributed by atoms with Crippen molar-refractivity contribution >= 4 is 23.2 Å². The summed E-state index contributed by atoms with van der Waals surface area (Å²) in [6.07, 6.45) is 0. The van der Waals surface area contributed by atoms with Gasteiger partial charge in [0.1, 0.15) is 0 Å². The van der Waals surface area contributed by atoms with Crippen molar-refractivity contribution in [1.82, 2.24) is 0 Å². The largest absolute Gasteiger partial charge is 0.0827 e. The summed E-state index contributed by atoms with van der Waals surface area (Å²) in [6, 6.07) is 5.85. The van der Waals surface area contributed by atoms with Crippen molar-refractivity contribution in [2.45, 2.75) is 26.7 Å². The quantitative estimate of drug-likeness (QED) is 0.670. The minimum absolute atomic E-state index is 0.523. The molecule has 1 aromatic carbocycles. The Morgan fingerprint density at radius 3 is 2.08 bits per heavy atom. The average molecular weight is 217 g/mol. The molecule has 0 fully saturated rings. The van der Waals surface area contributed by atoms with E-state index in [4.69, 9.17) is 23.2 Å². The molecule has 0 aliphatic rings. The zero-order valence-electron chi connectivity index (χ0n) is 8.14. The molecule has 0 unspecified atom stereocenters. The molecular weight excluding hydrogens is 203 g/mol. The predicted octanol–water partition coefficient (Wildman–Crippen LogP) is 4.75. The first kappa shape index (κ1) is 10.9. The maximum atomic E-state index is 5.93. The number of rotatable bonds is 2. The molecule has 0 aliphatic heterocycles. The van der Waals surface area contributed by atoms with Gasteiger partial charge in [-0.05, 0) is 29.5 Å². The van der Waals surface area contributed by atoms with E-state index in [0.29, 0.717) is 21.9 Å². The maximum Gasteiger partial charge on any atom is 0.0595 e. The van der Waals surface area contributed by atoms with Crippen LogP contribution in [0.5, 0.6) is 0 Å². The van der Waals surface area contributed by atoms with E-state index in [-0.39, 0.29) is 0 Å². The fourth-order valence-corrected chi connectivity index (χ4v) is 1.49. The van der Waals surface area contributed by atoms with Crippen LogP contribution in [0.3, 0.4) is 0 Å². The van der Waals surface area contributed by atoms with Gasteiger partial charge in [-0.1, -0.05) is 50.0 Å². The number of hydrogen-bond acceptors (Lipinski definition) is 0. The van der Waals surface area contributed by atoms with Crippen molar-refractivity contribution in [3.63, 3.8) is 0 Å². The fourth-order valence-electron chi connectivity index (χ4n) is 1.18. The third-order valence-corrected chi connectivity index (χ3v) is 3.21. The second-order valence-electron chi connectivity index (χ2n) is 3.71. The van der Waals surface area contributed by atoms with Crippen molar-refractivity contribution < 1.29 is 0 Å². The van der Waals surface area contributed by atoms with E-state index in [1.807, 2.05) is 18.2 Å². The molecule has 0 heterocycles. The van der Waals surface area contributed by atoms with Crippen molar-refractivity contribution in [1.29, 1.82) is 0 Å². The third kappa shape index (κ3) is 2.62. The predicted molar refractivity (Wildman–Crippen MR) is 59.7 cm³/mol. The highest BCUT2D eigenvalue weighted by Gasteiger charge is 2.10. The minimum Gasteiger partial charge on any atom is -0.0827 e. The fraction of sp³-hybridized carbons (Fsp3) is 0.455. The highest BCUT2D eigenvalue weighted by atomic mass is 35.5. The molecule has 0 spiro atoms. The highest BCUT2D eigenvalue weighted by Crippen LogP contribution is 2.29. The lowest BCUT2D eigenvalue weighted by Crippen LogP contribution is -2.01. The summed E-state index contributed by atoms with van der Waals surface area (Å²) in [5.74, 6) is 1.15. The Morgan fingerprint density at radius 2 is 1.62 bits per heavy atom. The van der Waals surface area contributed by atoms with Crippen LogP contribution >= 0.6 is 23.2 Å². The van der Waals surface area contributed by atoms with Gasteiger partial charge in [0.25, 0.3) is 0 Å². The van der Waals surface area contributed by atoms with E-state index in [2.05, 4.69) is 20.8 Å². The molecular formula is C11H14Cl2. The van der Waals surface area contributed by atoms with Crippen molar-refractivity contribution in [3.05, 3.63) is 33.8 Å². The molecule has 0 saturated heterocycles. The summed E-state index contributed by atoms with van der Waals surface area (Å²) in [4.78, 5) is 0. The Hall–Kier alpha value is -0.200. The first-order valence-electron chi connectivity index (χ1n) is 4.47. The van der Waals surface area contributed by atoms with Gasteiger partial charge in [0, 0.05) is 0 Å². The molecule has 0 aromatic heterocycles. The Kier molecular flexibility index (Phi) is 3.63. The highest BCUT2D eigenvalue weighted by molar-refractivity contribution is 6.42. The lowest BCUT2D eigenvalue weighted by molar-refractivity contribution is 0.535. The summed E-state index contributed by atoms with van der Waals surface area (Å²) in [5.41, 5.74) is 1.25.